The predicted molar refractivity (Wildman–Crippen MR) is 93.9 cm³/mol. The topological polar surface area (TPSA) is 20.2 Å². The van der Waals surface area contributed by atoms with Crippen molar-refractivity contribution in [1.29, 1.82) is 0 Å². The van der Waals surface area contributed by atoms with Gasteiger partial charge in [-0.15, -0.1) is 0 Å². The summed E-state index contributed by atoms with van der Waals surface area (Å²) >= 11 is 0. The van der Waals surface area contributed by atoms with E-state index < -0.39 is 8.07 Å². The molecule has 1 atom stereocenters. The van der Waals surface area contributed by atoms with E-state index in [2.05, 4.69) is 62.0 Å². The first kappa shape index (κ1) is 16.0. The summed E-state index contributed by atoms with van der Waals surface area (Å²) in [4.78, 5) is 0. The Hall–Kier alpha value is -1.38. The van der Waals surface area contributed by atoms with Gasteiger partial charge in [0.25, 0.3) is 0 Å². The van der Waals surface area contributed by atoms with Gasteiger partial charge >= 0.3 is 0 Å². The van der Waals surface area contributed by atoms with Crippen LogP contribution in [0.5, 0.6) is 0 Å². The zero-order valence-electron chi connectivity index (χ0n) is 13.1. The Morgan fingerprint density at radius 2 is 1.33 bits per heavy atom. The molecule has 21 heavy (non-hydrogen) atoms. The molecule has 2 aromatic rings. The Bertz CT molecular complexity index is 484. The minimum Gasteiger partial charge on any atom is -0.396 e. The molecule has 1 N–H and O–H groups in total. The second-order valence-electron chi connectivity index (χ2n) is 5.95. The third-order valence-electron chi connectivity index (χ3n) is 4.49. The maximum atomic E-state index is 11.0. The van der Waals surface area contributed by atoms with Gasteiger partial charge in [0, 0.05) is 0 Å². The molecule has 0 aliphatic carbocycles. The van der Waals surface area contributed by atoms with Gasteiger partial charge in [0.15, 0.2) is 0 Å². The molecule has 0 saturated heterocycles. The van der Waals surface area contributed by atoms with Crippen LogP contribution in [-0.2, 0) is 0 Å². The lowest BCUT2D eigenvalue weighted by Crippen LogP contribution is -2.64. The van der Waals surface area contributed by atoms with Gasteiger partial charge in [-0.1, -0.05) is 104 Å². The molecule has 0 spiro atoms. The SMILES string of the molecule is CCCCCC(O)[Si](C)(c1ccccc1)c1ccccc1. The van der Waals surface area contributed by atoms with Crippen molar-refractivity contribution in [1.82, 2.24) is 0 Å². The molecule has 1 unspecified atom stereocenters. The van der Waals surface area contributed by atoms with Crippen LogP contribution in [0.1, 0.15) is 32.6 Å². The highest BCUT2D eigenvalue weighted by Gasteiger charge is 2.38. The van der Waals surface area contributed by atoms with Crippen molar-refractivity contribution in [3.8, 4) is 0 Å². The van der Waals surface area contributed by atoms with Crippen LogP contribution in [0.15, 0.2) is 60.7 Å². The summed E-state index contributed by atoms with van der Waals surface area (Å²) in [6.07, 6.45) is 4.41. The molecule has 0 saturated carbocycles. The normalized spacial score (nSPS) is 13.1. The Morgan fingerprint density at radius 3 is 1.76 bits per heavy atom. The van der Waals surface area contributed by atoms with Crippen LogP contribution in [0.2, 0.25) is 6.55 Å². The number of hydrogen-bond acceptors (Lipinski definition) is 1. The third-order valence-corrected chi connectivity index (χ3v) is 9.18. The molecule has 112 valence electrons. The maximum Gasteiger partial charge on any atom is 0.145 e. The molecule has 0 heterocycles. The van der Waals surface area contributed by atoms with Gasteiger partial charge in [0.2, 0.25) is 0 Å². The number of unbranched alkanes of at least 4 members (excludes halogenated alkanes) is 2. The zero-order valence-corrected chi connectivity index (χ0v) is 14.1. The van der Waals surface area contributed by atoms with Gasteiger partial charge in [-0.25, -0.2) is 0 Å². The van der Waals surface area contributed by atoms with E-state index in [9.17, 15) is 5.11 Å². The molecule has 2 heteroatoms. The highest BCUT2D eigenvalue weighted by atomic mass is 28.3. The molecular weight excluding hydrogens is 272 g/mol. The second kappa shape index (κ2) is 7.58. The largest absolute Gasteiger partial charge is 0.396 e. The van der Waals surface area contributed by atoms with E-state index in [1.165, 1.54) is 23.2 Å². The van der Waals surface area contributed by atoms with E-state index >= 15 is 0 Å². The quantitative estimate of drug-likeness (QED) is 0.614. The van der Waals surface area contributed by atoms with E-state index in [0.29, 0.717) is 0 Å². The third kappa shape index (κ3) is 3.63. The van der Waals surface area contributed by atoms with Gasteiger partial charge in [0.05, 0.1) is 5.73 Å². The van der Waals surface area contributed by atoms with Crippen LogP contribution >= 0.6 is 0 Å². The van der Waals surface area contributed by atoms with Crippen molar-refractivity contribution >= 4 is 18.4 Å². The second-order valence-corrected chi connectivity index (χ2v) is 10.2. The number of benzene rings is 2. The van der Waals surface area contributed by atoms with Gasteiger partial charge in [0.1, 0.15) is 8.07 Å². The zero-order chi connectivity index (χ0) is 15.1. The molecule has 2 rings (SSSR count). The van der Waals surface area contributed by atoms with E-state index in [1.807, 2.05) is 12.1 Å². The van der Waals surface area contributed by atoms with E-state index in [-0.39, 0.29) is 5.73 Å². The fourth-order valence-electron chi connectivity index (χ4n) is 3.00. The predicted octanol–water partition coefficient (Wildman–Crippen LogP) is 3.36. The molecule has 2 aromatic carbocycles. The first-order chi connectivity index (χ1) is 10.2. The van der Waals surface area contributed by atoms with Crippen LogP contribution in [0.4, 0.5) is 0 Å². The molecule has 0 bridgehead atoms. The lowest BCUT2D eigenvalue weighted by atomic mass is 10.2. The minimum atomic E-state index is -2.10. The summed E-state index contributed by atoms with van der Waals surface area (Å²) in [5, 5.41) is 13.6. The smallest absolute Gasteiger partial charge is 0.145 e. The van der Waals surface area contributed by atoms with Crippen molar-refractivity contribution in [2.24, 2.45) is 0 Å². The Kier molecular flexibility index (Phi) is 5.77. The Balaban J connectivity index is 2.35. The molecule has 0 aromatic heterocycles. The maximum absolute atomic E-state index is 11.0. The number of rotatable bonds is 7. The van der Waals surface area contributed by atoms with Crippen LogP contribution in [0.3, 0.4) is 0 Å². The van der Waals surface area contributed by atoms with E-state index in [1.54, 1.807) is 0 Å². The molecule has 0 radical (unpaired) electrons. The average Bonchev–Trinajstić information content (AvgIpc) is 2.56. The van der Waals surface area contributed by atoms with E-state index in [0.717, 1.165) is 12.8 Å². The van der Waals surface area contributed by atoms with Crippen LogP contribution in [0, 0.1) is 0 Å². The standard InChI is InChI=1S/C19H26OSi/c1-3-4-7-16-19(20)21(2,17-12-8-5-9-13-17)18-14-10-6-11-15-18/h5-6,8-15,19-20H,3-4,7,16H2,1-2H3. The average molecular weight is 299 g/mol. The fourth-order valence-corrected chi connectivity index (χ4v) is 6.65. The lowest BCUT2D eigenvalue weighted by molar-refractivity contribution is 0.231. The number of aliphatic hydroxyl groups excluding tert-OH is 1. The van der Waals surface area contributed by atoms with Gasteiger partial charge in [-0.3, -0.25) is 0 Å². The summed E-state index contributed by atoms with van der Waals surface area (Å²) in [7, 11) is -2.10. The first-order valence-electron chi connectivity index (χ1n) is 7.98. The summed E-state index contributed by atoms with van der Waals surface area (Å²) in [5.41, 5.74) is -0.228. The molecule has 0 amide bonds. The number of aliphatic hydroxyl groups is 1. The van der Waals surface area contributed by atoms with Crippen molar-refractivity contribution in [2.45, 2.75) is 44.9 Å². The van der Waals surface area contributed by atoms with Gasteiger partial charge in [-0.2, -0.15) is 0 Å². The molecule has 0 aliphatic heterocycles. The highest BCUT2D eigenvalue weighted by Crippen LogP contribution is 2.16. The molecule has 0 aliphatic rings. The van der Waals surface area contributed by atoms with Gasteiger partial charge in [-0.05, 0) is 6.42 Å². The summed E-state index contributed by atoms with van der Waals surface area (Å²) in [6.45, 7) is 4.51. The molecular formula is C19H26OSi. The monoisotopic (exact) mass is 298 g/mol. The summed E-state index contributed by atoms with van der Waals surface area (Å²) in [6, 6.07) is 21.2. The summed E-state index contributed by atoms with van der Waals surface area (Å²) < 4.78 is 0. The van der Waals surface area contributed by atoms with Crippen LogP contribution in [0.25, 0.3) is 0 Å². The van der Waals surface area contributed by atoms with Crippen molar-refractivity contribution in [3.63, 3.8) is 0 Å². The fraction of sp³-hybridized carbons (Fsp3) is 0.368. The van der Waals surface area contributed by atoms with Crippen LogP contribution < -0.4 is 10.4 Å². The first-order valence-corrected chi connectivity index (χ1v) is 10.6. The van der Waals surface area contributed by atoms with Crippen molar-refractivity contribution in [3.05, 3.63) is 60.7 Å². The highest BCUT2D eigenvalue weighted by molar-refractivity contribution is 7.02. The molecule has 1 nitrogen and oxygen atoms in total. The lowest BCUT2D eigenvalue weighted by Gasteiger charge is -2.33. The van der Waals surface area contributed by atoms with Crippen molar-refractivity contribution in [2.75, 3.05) is 0 Å². The van der Waals surface area contributed by atoms with Gasteiger partial charge < -0.3 is 5.11 Å². The van der Waals surface area contributed by atoms with Crippen LogP contribution in [-0.4, -0.2) is 18.9 Å². The Labute approximate surface area is 129 Å². The Morgan fingerprint density at radius 1 is 0.857 bits per heavy atom. The van der Waals surface area contributed by atoms with E-state index in [4.69, 9.17) is 0 Å². The van der Waals surface area contributed by atoms with Crippen molar-refractivity contribution < 1.29 is 5.11 Å². The molecule has 0 fully saturated rings. The minimum absolute atomic E-state index is 0.228. The number of hydrogen-bond donors (Lipinski definition) is 1. The summed E-state index contributed by atoms with van der Waals surface area (Å²) in [5.74, 6) is 0.